The van der Waals surface area contributed by atoms with Crippen molar-refractivity contribution in [3.8, 4) is 17.2 Å². The first-order valence-electron chi connectivity index (χ1n) is 7.57. The Morgan fingerprint density at radius 3 is 2.27 bits per heavy atom. The fourth-order valence-corrected chi connectivity index (χ4v) is 2.43. The molecule has 0 aliphatic rings. The molecule has 0 aliphatic heterocycles. The van der Waals surface area contributed by atoms with E-state index in [2.05, 4.69) is 12.2 Å². The molecular weight excluding hydrogens is 278 g/mol. The molecular formula is C18H23NO3. The molecule has 4 N–H and O–H groups in total. The SMILES string of the molecule is CC(Cc1ccc(O)c(O)c1)NCCCc1ccc(O)cc1. The highest BCUT2D eigenvalue weighted by molar-refractivity contribution is 5.40. The normalized spacial score (nSPS) is 12.2. The van der Waals surface area contributed by atoms with E-state index in [1.165, 1.54) is 11.6 Å². The molecule has 2 aromatic rings. The van der Waals surface area contributed by atoms with Crippen LogP contribution in [0.15, 0.2) is 42.5 Å². The minimum absolute atomic E-state index is 0.0722. The van der Waals surface area contributed by atoms with Gasteiger partial charge in [-0.1, -0.05) is 18.2 Å². The number of phenols is 3. The molecule has 0 spiro atoms. The maximum absolute atomic E-state index is 9.48. The second-order valence-electron chi connectivity index (χ2n) is 5.65. The summed E-state index contributed by atoms with van der Waals surface area (Å²) in [7, 11) is 0. The van der Waals surface area contributed by atoms with Crippen LogP contribution >= 0.6 is 0 Å². The van der Waals surface area contributed by atoms with Gasteiger partial charge in [0.25, 0.3) is 0 Å². The van der Waals surface area contributed by atoms with Gasteiger partial charge in [-0.25, -0.2) is 0 Å². The van der Waals surface area contributed by atoms with Gasteiger partial charge < -0.3 is 20.6 Å². The van der Waals surface area contributed by atoms with Crippen LogP contribution in [0.3, 0.4) is 0 Å². The number of nitrogens with one attached hydrogen (secondary N) is 1. The number of benzene rings is 2. The number of phenolic OH excluding ortho intramolecular Hbond substituents is 3. The molecule has 1 atom stereocenters. The predicted molar refractivity (Wildman–Crippen MR) is 87.4 cm³/mol. The largest absolute Gasteiger partial charge is 0.508 e. The van der Waals surface area contributed by atoms with Crippen molar-refractivity contribution in [3.63, 3.8) is 0 Å². The predicted octanol–water partition coefficient (Wildman–Crippen LogP) is 2.96. The summed E-state index contributed by atoms with van der Waals surface area (Å²) >= 11 is 0. The zero-order valence-electron chi connectivity index (χ0n) is 12.8. The summed E-state index contributed by atoms with van der Waals surface area (Å²) in [5, 5.41) is 31.5. The van der Waals surface area contributed by atoms with Crippen molar-refractivity contribution in [2.45, 2.75) is 32.2 Å². The van der Waals surface area contributed by atoms with Crippen LogP contribution in [0.5, 0.6) is 17.2 Å². The number of rotatable bonds is 7. The third-order valence-corrected chi connectivity index (χ3v) is 3.65. The molecule has 0 saturated heterocycles. The van der Waals surface area contributed by atoms with E-state index in [1.54, 1.807) is 18.2 Å². The number of aromatic hydroxyl groups is 3. The van der Waals surface area contributed by atoms with Crippen LogP contribution in [0.25, 0.3) is 0 Å². The average molecular weight is 301 g/mol. The molecule has 0 radical (unpaired) electrons. The van der Waals surface area contributed by atoms with E-state index in [0.29, 0.717) is 11.8 Å². The van der Waals surface area contributed by atoms with E-state index in [9.17, 15) is 15.3 Å². The Bertz CT molecular complexity index is 596. The molecule has 2 aromatic carbocycles. The Morgan fingerprint density at radius 1 is 0.909 bits per heavy atom. The van der Waals surface area contributed by atoms with Crippen LogP contribution in [0.4, 0.5) is 0 Å². The molecule has 4 heteroatoms. The zero-order chi connectivity index (χ0) is 15.9. The Balaban J connectivity index is 1.70. The zero-order valence-corrected chi connectivity index (χ0v) is 12.8. The van der Waals surface area contributed by atoms with E-state index >= 15 is 0 Å². The minimum atomic E-state index is -0.0849. The van der Waals surface area contributed by atoms with Crippen LogP contribution in [0, 0.1) is 0 Å². The second-order valence-corrected chi connectivity index (χ2v) is 5.65. The lowest BCUT2D eigenvalue weighted by Gasteiger charge is -2.14. The van der Waals surface area contributed by atoms with Gasteiger partial charge in [0.05, 0.1) is 0 Å². The summed E-state index contributed by atoms with van der Waals surface area (Å²) in [5.41, 5.74) is 2.21. The van der Waals surface area contributed by atoms with Gasteiger partial charge >= 0.3 is 0 Å². The molecule has 4 nitrogen and oxygen atoms in total. The number of hydrogen-bond acceptors (Lipinski definition) is 4. The van der Waals surface area contributed by atoms with Crippen LogP contribution in [0.1, 0.15) is 24.5 Å². The van der Waals surface area contributed by atoms with Gasteiger partial charge in [0.1, 0.15) is 5.75 Å². The molecule has 0 fully saturated rings. The molecule has 0 amide bonds. The quantitative estimate of drug-likeness (QED) is 0.469. The van der Waals surface area contributed by atoms with Gasteiger partial charge in [0.15, 0.2) is 11.5 Å². The highest BCUT2D eigenvalue weighted by Gasteiger charge is 2.06. The lowest BCUT2D eigenvalue weighted by Crippen LogP contribution is -2.29. The van der Waals surface area contributed by atoms with Gasteiger partial charge in [-0.05, 0) is 68.1 Å². The van der Waals surface area contributed by atoms with Crippen molar-refractivity contribution in [1.82, 2.24) is 5.32 Å². The Labute approximate surface area is 131 Å². The molecule has 0 saturated carbocycles. The highest BCUT2D eigenvalue weighted by atomic mass is 16.3. The molecule has 22 heavy (non-hydrogen) atoms. The molecule has 0 bridgehead atoms. The maximum atomic E-state index is 9.48. The summed E-state index contributed by atoms with van der Waals surface area (Å²) in [6, 6.07) is 12.5. The van der Waals surface area contributed by atoms with E-state index in [0.717, 1.165) is 31.4 Å². The molecule has 2 rings (SSSR count). The highest BCUT2D eigenvalue weighted by Crippen LogP contribution is 2.25. The van der Waals surface area contributed by atoms with Crippen molar-refractivity contribution in [1.29, 1.82) is 0 Å². The molecule has 1 unspecified atom stereocenters. The fourth-order valence-electron chi connectivity index (χ4n) is 2.43. The number of hydrogen-bond donors (Lipinski definition) is 4. The van der Waals surface area contributed by atoms with Crippen molar-refractivity contribution in [2.24, 2.45) is 0 Å². The van der Waals surface area contributed by atoms with Crippen LogP contribution in [0.2, 0.25) is 0 Å². The van der Waals surface area contributed by atoms with Gasteiger partial charge in [0.2, 0.25) is 0 Å². The third-order valence-electron chi connectivity index (χ3n) is 3.65. The lowest BCUT2D eigenvalue weighted by molar-refractivity contribution is 0.402. The molecule has 0 aromatic heterocycles. The Morgan fingerprint density at radius 2 is 1.59 bits per heavy atom. The first kappa shape index (κ1) is 16.2. The number of aryl methyl sites for hydroxylation is 1. The summed E-state index contributed by atoms with van der Waals surface area (Å²) in [6.07, 6.45) is 2.79. The fraction of sp³-hybridized carbons (Fsp3) is 0.333. The van der Waals surface area contributed by atoms with Gasteiger partial charge in [0, 0.05) is 6.04 Å². The maximum Gasteiger partial charge on any atom is 0.157 e. The van der Waals surface area contributed by atoms with Crippen molar-refractivity contribution < 1.29 is 15.3 Å². The van der Waals surface area contributed by atoms with E-state index in [1.807, 2.05) is 18.2 Å². The molecule has 118 valence electrons. The summed E-state index contributed by atoms with van der Waals surface area (Å²) in [6.45, 7) is 3.01. The Kier molecular flexibility index (Phi) is 5.67. The smallest absolute Gasteiger partial charge is 0.157 e. The van der Waals surface area contributed by atoms with E-state index < -0.39 is 0 Å². The average Bonchev–Trinajstić information content (AvgIpc) is 2.49. The van der Waals surface area contributed by atoms with Crippen molar-refractivity contribution >= 4 is 0 Å². The van der Waals surface area contributed by atoms with E-state index in [4.69, 9.17) is 0 Å². The van der Waals surface area contributed by atoms with Crippen LogP contribution in [-0.2, 0) is 12.8 Å². The van der Waals surface area contributed by atoms with E-state index in [-0.39, 0.29) is 11.5 Å². The molecule has 0 aliphatic carbocycles. The summed E-state index contributed by atoms with van der Waals surface area (Å²) in [4.78, 5) is 0. The van der Waals surface area contributed by atoms with Crippen molar-refractivity contribution in [2.75, 3.05) is 6.54 Å². The van der Waals surface area contributed by atoms with Gasteiger partial charge in [-0.3, -0.25) is 0 Å². The standard InChI is InChI=1S/C18H23NO3/c1-13(11-15-6-9-17(21)18(22)12-15)19-10-2-3-14-4-7-16(20)8-5-14/h4-9,12-13,19-22H,2-3,10-11H2,1H3. The summed E-state index contributed by atoms with van der Waals surface area (Å²) in [5.74, 6) is 0.142. The minimum Gasteiger partial charge on any atom is -0.508 e. The summed E-state index contributed by atoms with van der Waals surface area (Å²) < 4.78 is 0. The third kappa shape index (κ3) is 4.97. The first-order chi connectivity index (χ1) is 10.5. The lowest BCUT2D eigenvalue weighted by atomic mass is 10.1. The van der Waals surface area contributed by atoms with Crippen LogP contribution in [-0.4, -0.2) is 27.9 Å². The van der Waals surface area contributed by atoms with Gasteiger partial charge in [-0.2, -0.15) is 0 Å². The second kappa shape index (κ2) is 7.71. The molecule has 0 heterocycles. The van der Waals surface area contributed by atoms with Crippen LogP contribution < -0.4 is 5.32 Å². The van der Waals surface area contributed by atoms with Gasteiger partial charge in [-0.15, -0.1) is 0 Å². The first-order valence-corrected chi connectivity index (χ1v) is 7.57. The monoisotopic (exact) mass is 301 g/mol. The Hall–Kier alpha value is -2.20. The van der Waals surface area contributed by atoms with Crippen molar-refractivity contribution in [3.05, 3.63) is 53.6 Å². The topological polar surface area (TPSA) is 72.7 Å².